The van der Waals surface area contributed by atoms with Crippen molar-refractivity contribution in [1.29, 1.82) is 0 Å². The van der Waals surface area contributed by atoms with E-state index in [1.165, 1.54) is 0 Å². The van der Waals surface area contributed by atoms with Crippen LogP contribution in [0, 0.1) is 6.39 Å². The van der Waals surface area contributed by atoms with Gasteiger partial charge in [0.2, 0.25) is 5.89 Å². The predicted molar refractivity (Wildman–Crippen MR) is 27.2 cm³/mol. The summed E-state index contributed by atoms with van der Waals surface area (Å²) in [5.74, 6) is -0.127. The molecule has 1 aromatic rings. The first kappa shape index (κ1) is 6.21. The Balaban J connectivity index is 2.68. The van der Waals surface area contributed by atoms with Crippen LogP contribution in [-0.4, -0.2) is 18.6 Å². The van der Waals surface area contributed by atoms with Gasteiger partial charge in [0.05, 0.1) is 0 Å². The van der Waals surface area contributed by atoms with Gasteiger partial charge in [0.1, 0.15) is 16.5 Å². The molecule has 1 heterocycles. The van der Waals surface area contributed by atoms with Crippen molar-refractivity contribution in [3.8, 4) is 0 Å². The van der Waals surface area contributed by atoms with Crippen LogP contribution in [0.5, 0.6) is 0 Å². The minimum Gasteiger partial charge on any atom is -0.416 e. The summed E-state index contributed by atoms with van der Waals surface area (Å²) in [4.78, 5) is 0. The zero-order chi connectivity index (χ0) is 6.69. The average molecular weight is 147 g/mol. The van der Waals surface area contributed by atoms with Crippen molar-refractivity contribution in [2.75, 3.05) is 0 Å². The van der Waals surface area contributed by atoms with Gasteiger partial charge in [-0.25, -0.2) is 8.42 Å². The Kier molecular flexibility index (Phi) is 1.78. The number of thiol groups is 1. The standard InChI is InChI=1S/C3H3N2O3S/c6-9(7)1-3-5-4-2-8-3/h9H,1H2. The molecule has 0 saturated carbocycles. The predicted octanol–water partition coefficient (Wildman–Crippen LogP) is -1.02. The second-order valence-corrected chi connectivity index (χ2v) is 2.26. The van der Waals surface area contributed by atoms with Crippen LogP contribution in [0.2, 0.25) is 0 Å². The van der Waals surface area contributed by atoms with Crippen molar-refractivity contribution < 1.29 is 12.8 Å². The van der Waals surface area contributed by atoms with Gasteiger partial charge >= 0.3 is 6.39 Å². The molecule has 1 aromatic heterocycles. The van der Waals surface area contributed by atoms with Crippen LogP contribution in [0.15, 0.2) is 4.42 Å². The molecule has 1 radical (unpaired) electrons. The highest BCUT2D eigenvalue weighted by Crippen LogP contribution is 1.90. The summed E-state index contributed by atoms with van der Waals surface area (Å²) in [5, 5.41) is 6.47. The molecule has 0 aliphatic heterocycles. The van der Waals surface area contributed by atoms with E-state index in [1.54, 1.807) is 0 Å². The molecule has 9 heavy (non-hydrogen) atoms. The molecule has 5 nitrogen and oxygen atoms in total. The van der Waals surface area contributed by atoms with Gasteiger partial charge < -0.3 is 4.42 Å². The van der Waals surface area contributed by atoms with Crippen LogP contribution in [0.1, 0.15) is 5.89 Å². The smallest absolute Gasteiger partial charge is 0.305 e. The lowest BCUT2D eigenvalue weighted by molar-refractivity contribution is 0.501. The fourth-order valence-electron chi connectivity index (χ4n) is 0.344. The molecule has 0 aromatic carbocycles. The highest BCUT2D eigenvalue weighted by molar-refractivity contribution is 7.71. The maximum atomic E-state index is 9.96. The lowest BCUT2D eigenvalue weighted by atomic mass is 10.8. The Morgan fingerprint density at radius 2 is 2.44 bits per heavy atom. The Hall–Kier alpha value is -0.910. The summed E-state index contributed by atoms with van der Waals surface area (Å²) < 4.78 is 24.3. The molecule has 0 bridgehead atoms. The molecule has 0 N–H and O–H groups in total. The molecule has 49 valence electrons. The van der Waals surface area contributed by atoms with Crippen LogP contribution >= 0.6 is 0 Å². The Morgan fingerprint density at radius 1 is 1.67 bits per heavy atom. The molecule has 0 aliphatic carbocycles. The normalized spacial score (nSPS) is 10.3. The first-order chi connectivity index (χ1) is 4.29. The molecule has 0 fully saturated rings. The Bertz CT molecular complexity index is 232. The summed E-state index contributed by atoms with van der Waals surface area (Å²) in [5.41, 5.74) is 0. The average Bonchev–Trinajstić information content (AvgIpc) is 2.15. The first-order valence-corrected chi connectivity index (χ1v) is 3.45. The van der Waals surface area contributed by atoms with Gasteiger partial charge in [0.15, 0.2) is 0 Å². The van der Waals surface area contributed by atoms with E-state index in [0.29, 0.717) is 0 Å². The van der Waals surface area contributed by atoms with Crippen LogP contribution < -0.4 is 0 Å². The maximum absolute atomic E-state index is 9.96. The molecule has 0 amide bonds. The number of hydrogen-bond donors (Lipinski definition) is 1. The van der Waals surface area contributed by atoms with Crippen molar-refractivity contribution in [1.82, 2.24) is 10.2 Å². The molecule has 0 atom stereocenters. The highest BCUT2D eigenvalue weighted by Gasteiger charge is 1.97. The van der Waals surface area contributed by atoms with Gasteiger partial charge in [-0.1, -0.05) is 0 Å². The van der Waals surface area contributed by atoms with Crippen LogP contribution in [-0.2, 0) is 16.5 Å². The quantitative estimate of drug-likeness (QED) is 0.542. The molecule has 0 aliphatic rings. The van der Waals surface area contributed by atoms with Crippen molar-refractivity contribution >= 4 is 10.7 Å². The maximum Gasteiger partial charge on any atom is 0.305 e. The van der Waals surface area contributed by atoms with E-state index in [1.807, 2.05) is 6.39 Å². The summed E-state index contributed by atoms with van der Waals surface area (Å²) >= 11 is 0. The zero-order valence-corrected chi connectivity index (χ0v) is 5.17. The van der Waals surface area contributed by atoms with Gasteiger partial charge in [-0.05, 0) is 0 Å². The largest absolute Gasteiger partial charge is 0.416 e. The van der Waals surface area contributed by atoms with Crippen molar-refractivity contribution in [2.24, 2.45) is 0 Å². The first-order valence-electron chi connectivity index (χ1n) is 2.09. The van der Waals surface area contributed by atoms with Gasteiger partial charge in [0.25, 0.3) is 0 Å². The third-order valence-electron chi connectivity index (χ3n) is 0.630. The molecule has 0 spiro atoms. The Labute approximate surface area is 52.7 Å². The van der Waals surface area contributed by atoms with Crippen LogP contribution in [0.3, 0.4) is 0 Å². The molecule has 1 rings (SSSR count). The van der Waals surface area contributed by atoms with Crippen molar-refractivity contribution in [2.45, 2.75) is 5.75 Å². The third-order valence-corrected chi connectivity index (χ3v) is 1.16. The second-order valence-electron chi connectivity index (χ2n) is 1.28. The highest BCUT2D eigenvalue weighted by atomic mass is 32.2. The van der Waals surface area contributed by atoms with E-state index in [4.69, 9.17) is 0 Å². The van der Waals surface area contributed by atoms with E-state index >= 15 is 0 Å². The molecule has 6 heteroatoms. The fraction of sp³-hybridized carbons (Fsp3) is 0.333. The number of hydrogen-bond acceptors (Lipinski definition) is 5. The van der Waals surface area contributed by atoms with E-state index < -0.39 is 10.7 Å². The zero-order valence-electron chi connectivity index (χ0n) is 4.27. The monoisotopic (exact) mass is 147 g/mol. The fourth-order valence-corrected chi connectivity index (χ4v) is 0.693. The van der Waals surface area contributed by atoms with Crippen molar-refractivity contribution in [3.05, 3.63) is 12.3 Å². The number of rotatable bonds is 2. The van der Waals surface area contributed by atoms with Gasteiger partial charge in [-0.15, -0.1) is 10.2 Å². The van der Waals surface area contributed by atoms with E-state index in [-0.39, 0.29) is 11.6 Å². The molecular weight excluding hydrogens is 144 g/mol. The molecular formula is C3H3N2O3S. The van der Waals surface area contributed by atoms with Crippen molar-refractivity contribution in [3.63, 3.8) is 0 Å². The summed E-state index contributed by atoms with van der Waals surface area (Å²) in [6.45, 7) is 0. The topological polar surface area (TPSA) is 73.1 Å². The molecule has 0 unspecified atom stereocenters. The van der Waals surface area contributed by atoms with E-state index in [2.05, 4.69) is 14.6 Å². The van der Waals surface area contributed by atoms with Crippen LogP contribution in [0.4, 0.5) is 0 Å². The minimum atomic E-state index is -2.47. The summed E-state index contributed by atoms with van der Waals surface area (Å²) in [7, 11) is -2.47. The lowest BCUT2D eigenvalue weighted by Gasteiger charge is -1.76. The minimum absolute atomic E-state index is 0.0751. The number of nitrogens with zero attached hydrogens (tertiary/aromatic N) is 2. The molecule has 0 saturated heterocycles. The Morgan fingerprint density at radius 3 is 2.89 bits per heavy atom. The third kappa shape index (κ3) is 1.80. The lowest BCUT2D eigenvalue weighted by Crippen LogP contribution is -1.85. The second kappa shape index (κ2) is 2.58. The van der Waals surface area contributed by atoms with Gasteiger partial charge in [-0.3, -0.25) is 0 Å². The van der Waals surface area contributed by atoms with E-state index in [9.17, 15) is 8.42 Å². The summed E-state index contributed by atoms with van der Waals surface area (Å²) in [6, 6.07) is 0. The van der Waals surface area contributed by atoms with Gasteiger partial charge in [-0.2, -0.15) is 0 Å². The van der Waals surface area contributed by atoms with Gasteiger partial charge in [0, 0.05) is 0 Å². The number of aromatic nitrogens is 2. The van der Waals surface area contributed by atoms with Crippen LogP contribution in [0.25, 0.3) is 0 Å². The SMILES string of the molecule is O=[SH](=O)Cc1nn[c]o1. The summed E-state index contributed by atoms with van der Waals surface area (Å²) in [6.07, 6.45) is 2.03. The van der Waals surface area contributed by atoms with E-state index in [0.717, 1.165) is 0 Å².